The quantitative estimate of drug-likeness (QED) is 0.888. The SMILES string of the molecule is Cc1ccc2c(c1)nc(C(C)CCCN)n2C(C)C. The maximum absolute atomic E-state index is 5.62. The van der Waals surface area contributed by atoms with Crippen molar-refractivity contribution in [2.45, 2.75) is 52.5 Å². The lowest BCUT2D eigenvalue weighted by atomic mass is 10.0. The molecule has 0 aliphatic heterocycles. The lowest BCUT2D eigenvalue weighted by molar-refractivity contribution is 0.526. The molecular formula is C16H25N3. The Morgan fingerprint density at radius 2 is 2.00 bits per heavy atom. The van der Waals surface area contributed by atoms with Crippen molar-refractivity contribution in [1.29, 1.82) is 0 Å². The Kier molecular flexibility index (Phi) is 4.25. The van der Waals surface area contributed by atoms with Gasteiger partial charge in [0, 0.05) is 12.0 Å². The molecule has 19 heavy (non-hydrogen) atoms. The van der Waals surface area contributed by atoms with Crippen molar-refractivity contribution >= 4 is 11.0 Å². The molecule has 0 saturated carbocycles. The number of rotatable bonds is 5. The van der Waals surface area contributed by atoms with Crippen LogP contribution in [0.2, 0.25) is 0 Å². The molecule has 1 aromatic carbocycles. The van der Waals surface area contributed by atoms with Gasteiger partial charge < -0.3 is 10.3 Å². The molecule has 0 fully saturated rings. The van der Waals surface area contributed by atoms with Crippen LogP contribution in [0, 0.1) is 6.92 Å². The van der Waals surface area contributed by atoms with Gasteiger partial charge in [0.1, 0.15) is 5.82 Å². The predicted octanol–water partition coefficient (Wildman–Crippen LogP) is 3.77. The minimum Gasteiger partial charge on any atom is -0.330 e. The van der Waals surface area contributed by atoms with Gasteiger partial charge in [0.15, 0.2) is 0 Å². The number of aryl methyl sites for hydroxylation is 1. The summed E-state index contributed by atoms with van der Waals surface area (Å²) in [4.78, 5) is 4.87. The highest BCUT2D eigenvalue weighted by Gasteiger charge is 2.18. The third kappa shape index (κ3) is 2.81. The summed E-state index contributed by atoms with van der Waals surface area (Å²) in [6, 6.07) is 6.96. The largest absolute Gasteiger partial charge is 0.330 e. The standard InChI is InChI=1S/C16H25N3/c1-11(2)19-15-8-7-12(3)10-14(15)18-16(19)13(4)6-5-9-17/h7-8,10-11,13H,5-6,9,17H2,1-4H3. The average Bonchev–Trinajstić information content (AvgIpc) is 2.74. The van der Waals surface area contributed by atoms with Crippen molar-refractivity contribution in [3.63, 3.8) is 0 Å². The summed E-state index contributed by atoms with van der Waals surface area (Å²) >= 11 is 0. The highest BCUT2D eigenvalue weighted by atomic mass is 15.1. The molecule has 0 aliphatic rings. The molecule has 1 heterocycles. The van der Waals surface area contributed by atoms with Crippen molar-refractivity contribution in [3.8, 4) is 0 Å². The maximum Gasteiger partial charge on any atom is 0.112 e. The van der Waals surface area contributed by atoms with Gasteiger partial charge in [-0.05, 0) is 57.9 Å². The lowest BCUT2D eigenvalue weighted by Crippen LogP contribution is -2.10. The van der Waals surface area contributed by atoms with Crippen molar-refractivity contribution in [1.82, 2.24) is 9.55 Å². The molecule has 1 unspecified atom stereocenters. The summed E-state index contributed by atoms with van der Waals surface area (Å²) in [7, 11) is 0. The molecule has 0 aliphatic carbocycles. The van der Waals surface area contributed by atoms with Gasteiger partial charge >= 0.3 is 0 Å². The van der Waals surface area contributed by atoms with E-state index in [4.69, 9.17) is 10.7 Å². The Hall–Kier alpha value is -1.35. The maximum atomic E-state index is 5.62. The molecular weight excluding hydrogens is 234 g/mol. The van der Waals surface area contributed by atoms with E-state index in [-0.39, 0.29) is 0 Å². The van der Waals surface area contributed by atoms with Gasteiger partial charge in [-0.1, -0.05) is 13.0 Å². The Bertz CT molecular complexity index is 554. The molecule has 2 rings (SSSR count). The summed E-state index contributed by atoms with van der Waals surface area (Å²) in [5, 5.41) is 0. The number of benzene rings is 1. The molecule has 0 amide bonds. The van der Waals surface area contributed by atoms with Gasteiger partial charge in [0.05, 0.1) is 11.0 Å². The van der Waals surface area contributed by atoms with E-state index in [2.05, 4.69) is 50.5 Å². The second kappa shape index (κ2) is 5.74. The third-order valence-electron chi connectivity index (χ3n) is 3.67. The van der Waals surface area contributed by atoms with Crippen LogP contribution in [0.3, 0.4) is 0 Å². The van der Waals surface area contributed by atoms with E-state index in [1.165, 1.54) is 16.9 Å². The van der Waals surface area contributed by atoms with Crippen molar-refractivity contribution < 1.29 is 0 Å². The van der Waals surface area contributed by atoms with Crippen LogP contribution in [0.1, 0.15) is 57.0 Å². The van der Waals surface area contributed by atoms with E-state index in [0.29, 0.717) is 12.0 Å². The van der Waals surface area contributed by atoms with Crippen LogP contribution in [-0.2, 0) is 0 Å². The molecule has 104 valence electrons. The topological polar surface area (TPSA) is 43.8 Å². The zero-order valence-corrected chi connectivity index (χ0v) is 12.5. The van der Waals surface area contributed by atoms with Crippen LogP contribution in [0.25, 0.3) is 11.0 Å². The molecule has 0 spiro atoms. The van der Waals surface area contributed by atoms with Crippen LogP contribution >= 0.6 is 0 Å². The smallest absolute Gasteiger partial charge is 0.112 e. The number of imidazole rings is 1. The normalized spacial score (nSPS) is 13.4. The number of nitrogens with two attached hydrogens (primary N) is 1. The zero-order valence-electron chi connectivity index (χ0n) is 12.5. The molecule has 0 radical (unpaired) electrons. The van der Waals surface area contributed by atoms with Crippen LogP contribution in [0.15, 0.2) is 18.2 Å². The van der Waals surface area contributed by atoms with Crippen molar-refractivity contribution in [3.05, 3.63) is 29.6 Å². The van der Waals surface area contributed by atoms with Gasteiger partial charge in [-0.25, -0.2) is 4.98 Å². The minimum atomic E-state index is 0.433. The first-order chi connectivity index (χ1) is 9.04. The van der Waals surface area contributed by atoms with Gasteiger partial charge in [0.2, 0.25) is 0 Å². The van der Waals surface area contributed by atoms with E-state index in [0.717, 1.165) is 24.9 Å². The van der Waals surface area contributed by atoms with E-state index in [1.54, 1.807) is 0 Å². The van der Waals surface area contributed by atoms with E-state index in [1.807, 2.05) is 0 Å². The van der Waals surface area contributed by atoms with Gasteiger partial charge in [0.25, 0.3) is 0 Å². The summed E-state index contributed by atoms with van der Waals surface area (Å²) in [5.74, 6) is 1.66. The van der Waals surface area contributed by atoms with Crippen LogP contribution < -0.4 is 5.73 Å². The zero-order chi connectivity index (χ0) is 14.0. The first-order valence-electron chi connectivity index (χ1n) is 7.23. The molecule has 0 saturated heterocycles. The fourth-order valence-electron chi connectivity index (χ4n) is 2.67. The first kappa shape index (κ1) is 14.1. The summed E-state index contributed by atoms with van der Waals surface area (Å²) in [6.45, 7) is 9.57. The van der Waals surface area contributed by atoms with E-state index >= 15 is 0 Å². The lowest BCUT2D eigenvalue weighted by Gasteiger charge is -2.17. The molecule has 0 bridgehead atoms. The Morgan fingerprint density at radius 3 is 2.63 bits per heavy atom. The number of hydrogen-bond acceptors (Lipinski definition) is 2. The Balaban J connectivity index is 2.49. The summed E-state index contributed by atoms with van der Waals surface area (Å²) in [5.41, 5.74) is 9.25. The summed E-state index contributed by atoms with van der Waals surface area (Å²) < 4.78 is 2.37. The number of nitrogens with zero attached hydrogens (tertiary/aromatic N) is 2. The monoisotopic (exact) mass is 259 g/mol. The van der Waals surface area contributed by atoms with Crippen molar-refractivity contribution in [2.24, 2.45) is 5.73 Å². The van der Waals surface area contributed by atoms with Crippen molar-refractivity contribution in [2.75, 3.05) is 6.54 Å². The molecule has 3 heteroatoms. The second-order valence-electron chi connectivity index (χ2n) is 5.76. The number of aromatic nitrogens is 2. The highest BCUT2D eigenvalue weighted by molar-refractivity contribution is 5.77. The molecule has 2 N–H and O–H groups in total. The molecule has 1 atom stereocenters. The van der Waals surface area contributed by atoms with Crippen LogP contribution in [-0.4, -0.2) is 16.1 Å². The fourth-order valence-corrected chi connectivity index (χ4v) is 2.67. The number of fused-ring (bicyclic) bond motifs is 1. The second-order valence-corrected chi connectivity index (χ2v) is 5.76. The average molecular weight is 259 g/mol. The third-order valence-corrected chi connectivity index (χ3v) is 3.67. The number of hydrogen-bond donors (Lipinski definition) is 1. The minimum absolute atomic E-state index is 0.433. The molecule has 2 aromatic rings. The van der Waals surface area contributed by atoms with E-state index in [9.17, 15) is 0 Å². The Morgan fingerprint density at radius 1 is 1.26 bits per heavy atom. The fraction of sp³-hybridized carbons (Fsp3) is 0.562. The van der Waals surface area contributed by atoms with Crippen LogP contribution in [0.4, 0.5) is 0 Å². The molecule has 1 aromatic heterocycles. The van der Waals surface area contributed by atoms with Gasteiger partial charge in [-0.2, -0.15) is 0 Å². The van der Waals surface area contributed by atoms with E-state index < -0.39 is 0 Å². The van der Waals surface area contributed by atoms with Gasteiger partial charge in [-0.15, -0.1) is 0 Å². The Labute approximate surface area is 115 Å². The van der Waals surface area contributed by atoms with Gasteiger partial charge in [-0.3, -0.25) is 0 Å². The summed E-state index contributed by atoms with van der Waals surface area (Å²) in [6.07, 6.45) is 2.16. The molecule has 3 nitrogen and oxygen atoms in total. The first-order valence-corrected chi connectivity index (χ1v) is 7.23. The highest BCUT2D eigenvalue weighted by Crippen LogP contribution is 2.28. The van der Waals surface area contributed by atoms with Crippen LogP contribution in [0.5, 0.6) is 0 Å². The predicted molar refractivity (Wildman–Crippen MR) is 81.6 cm³/mol.